The fourth-order valence-electron chi connectivity index (χ4n) is 6.17. The molecular formula is C16H25NO. The van der Waals surface area contributed by atoms with Gasteiger partial charge in [0, 0.05) is 30.0 Å². The largest absolute Gasteiger partial charge is 0.377 e. The van der Waals surface area contributed by atoms with E-state index < -0.39 is 0 Å². The Labute approximate surface area is 110 Å². The molecule has 4 saturated carbocycles. The zero-order valence-electron chi connectivity index (χ0n) is 11.2. The van der Waals surface area contributed by atoms with Crippen LogP contribution in [0.4, 0.5) is 0 Å². The van der Waals surface area contributed by atoms with Crippen LogP contribution in [0.5, 0.6) is 0 Å². The van der Waals surface area contributed by atoms with Crippen LogP contribution in [0.1, 0.15) is 51.4 Å². The molecule has 0 aromatic heterocycles. The second-order valence-electron chi connectivity index (χ2n) is 7.76. The van der Waals surface area contributed by atoms with Gasteiger partial charge in [-0.1, -0.05) is 12.8 Å². The lowest BCUT2D eigenvalue weighted by atomic mass is 9.46. The molecule has 5 rings (SSSR count). The van der Waals surface area contributed by atoms with E-state index in [0.29, 0.717) is 11.5 Å². The molecule has 1 spiro atoms. The van der Waals surface area contributed by atoms with Crippen molar-refractivity contribution in [2.45, 2.75) is 69.6 Å². The highest BCUT2D eigenvalue weighted by Gasteiger charge is 2.66. The molecular weight excluding hydrogens is 222 g/mol. The Balaban J connectivity index is 1.34. The number of hydrogen-bond acceptors (Lipinski definition) is 2. The fraction of sp³-hybridized carbons (Fsp3) is 1.00. The Morgan fingerprint density at radius 2 is 2.00 bits per heavy atom. The number of hydrogen-bond donors (Lipinski definition) is 1. The molecule has 5 aliphatic rings. The molecule has 1 N–H and O–H groups in total. The van der Waals surface area contributed by atoms with Gasteiger partial charge in [-0.15, -0.1) is 0 Å². The average Bonchev–Trinajstić information content (AvgIpc) is 2.97. The Hall–Kier alpha value is -0.0800. The van der Waals surface area contributed by atoms with Crippen molar-refractivity contribution in [3.8, 4) is 0 Å². The smallest absolute Gasteiger partial charge is 0.0690 e. The number of rotatable bonds is 2. The normalized spacial score (nSPS) is 55.3. The summed E-state index contributed by atoms with van der Waals surface area (Å²) in [7, 11) is 0. The summed E-state index contributed by atoms with van der Waals surface area (Å²) in [4.78, 5) is 0. The van der Waals surface area contributed by atoms with Gasteiger partial charge in [-0.25, -0.2) is 0 Å². The molecule has 100 valence electrons. The van der Waals surface area contributed by atoms with E-state index in [-0.39, 0.29) is 0 Å². The Bertz CT molecular complexity index is 364. The number of ether oxygens (including phenoxy) is 1. The molecule has 2 bridgehead atoms. The van der Waals surface area contributed by atoms with Crippen LogP contribution in [0.3, 0.4) is 0 Å². The van der Waals surface area contributed by atoms with E-state index in [2.05, 4.69) is 5.32 Å². The second kappa shape index (κ2) is 3.52. The predicted octanol–water partition coefficient (Wildman–Crippen LogP) is 2.72. The van der Waals surface area contributed by atoms with E-state index in [9.17, 15) is 0 Å². The monoisotopic (exact) mass is 247 g/mol. The maximum Gasteiger partial charge on any atom is 0.0690 e. The fourth-order valence-corrected chi connectivity index (χ4v) is 6.17. The van der Waals surface area contributed by atoms with Crippen molar-refractivity contribution in [1.29, 1.82) is 0 Å². The van der Waals surface area contributed by atoms with E-state index in [1.54, 1.807) is 0 Å². The molecule has 1 aliphatic heterocycles. The van der Waals surface area contributed by atoms with Crippen LogP contribution in [0.2, 0.25) is 0 Å². The lowest BCUT2D eigenvalue weighted by Gasteiger charge is -2.64. The summed E-state index contributed by atoms with van der Waals surface area (Å²) in [5.41, 5.74) is 0.586. The average molecular weight is 247 g/mol. The highest BCUT2D eigenvalue weighted by Crippen LogP contribution is 2.63. The molecule has 0 amide bonds. The Kier molecular flexibility index (Phi) is 2.09. The molecule has 0 aromatic carbocycles. The Morgan fingerprint density at radius 3 is 2.67 bits per heavy atom. The maximum atomic E-state index is 6.03. The van der Waals surface area contributed by atoms with Gasteiger partial charge in [0.2, 0.25) is 0 Å². The third-order valence-corrected chi connectivity index (χ3v) is 7.17. The third kappa shape index (κ3) is 1.17. The first-order valence-electron chi connectivity index (χ1n) is 8.24. The summed E-state index contributed by atoms with van der Waals surface area (Å²) in [5, 5.41) is 4.13. The first-order chi connectivity index (χ1) is 8.87. The van der Waals surface area contributed by atoms with Gasteiger partial charge in [0.15, 0.2) is 0 Å². The molecule has 6 unspecified atom stereocenters. The second-order valence-corrected chi connectivity index (χ2v) is 7.76. The van der Waals surface area contributed by atoms with Gasteiger partial charge in [-0.05, 0) is 50.4 Å². The summed E-state index contributed by atoms with van der Waals surface area (Å²) >= 11 is 0. The van der Waals surface area contributed by atoms with Crippen LogP contribution >= 0.6 is 0 Å². The summed E-state index contributed by atoms with van der Waals surface area (Å²) < 4.78 is 6.03. The van der Waals surface area contributed by atoms with E-state index >= 15 is 0 Å². The SMILES string of the molecule is C1CC2(C1)C(NC1CC3CCC1C3)C1CCOC12. The molecule has 1 heterocycles. The maximum absolute atomic E-state index is 6.03. The molecule has 1 saturated heterocycles. The third-order valence-electron chi connectivity index (χ3n) is 7.17. The van der Waals surface area contributed by atoms with Gasteiger partial charge in [0.25, 0.3) is 0 Å². The van der Waals surface area contributed by atoms with Crippen molar-refractivity contribution in [1.82, 2.24) is 5.32 Å². The van der Waals surface area contributed by atoms with Crippen molar-refractivity contribution in [2.75, 3.05) is 6.61 Å². The minimum Gasteiger partial charge on any atom is -0.377 e. The van der Waals surface area contributed by atoms with Gasteiger partial charge in [0.1, 0.15) is 0 Å². The highest BCUT2D eigenvalue weighted by molar-refractivity contribution is 5.19. The standard InChI is InChI=1S/C16H25NO/c1-5-16(6-1)14(12-4-7-18-15(12)16)17-13-9-10-2-3-11(13)8-10/h10-15,17H,1-9H2. The van der Waals surface area contributed by atoms with Crippen molar-refractivity contribution >= 4 is 0 Å². The molecule has 18 heavy (non-hydrogen) atoms. The summed E-state index contributed by atoms with van der Waals surface area (Å²) in [6.45, 7) is 1.03. The Morgan fingerprint density at radius 1 is 1.06 bits per heavy atom. The first kappa shape index (κ1) is 10.7. The lowest BCUT2D eigenvalue weighted by Crippen LogP contribution is -2.72. The van der Waals surface area contributed by atoms with Crippen molar-refractivity contribution < 1.29 is 4.74 Å². The van der Waals surface area contributed by atoms with Gasteiger partial charge in [-0.2, -0.15) is 0 Å². The number of nitrogens with one attached hydrogen (secondary N) is 1. The van der Waals surface area contributed by atoms with Crippen LogP contribution < -0.4 is 5.32 Å². The van der Waals surface area contributed by atoms with Gasteiger partial charge < -0.3 is 10.1 Å². The van der Waals surface area contributed by atoms with Gasteiger partial charge in [-0.3, -0.25) is 0 Å². The van der Waals surface area contributed by atoms with Crippen molar-refractivity contribution in [3.05, 3.63) is 0 Å². The molecule has 2 nitrogen and oxygen atoms in total. The van der Waals surface area contributed by atoms with Crippen LogP contribution in [0, 0.1) is 23.2 Å². The molecule has 6 atom stereocenters. The zero-order chi connectivity index (χ0) is 11.7. The van der Waals surface area contributed by atoms with E-state index in [0.717, 1.165) is 36.4 Å². The molecule has 4 aliphatic carbocycles. The lowest BCUT2D eigenvalue weighted by molar-refractivity contribution is -0.179. The minimum atomic E-state index is 0.586. The van der Waals surface area contributed by atoms with Crippen LogP contribution in [-0.4, -0.2) is 24.8 Å². The van der Waals surface area contributed by atoms with Gasteiger partial charge in [0.05, 0.1) is 6.10 Å². The predicted molar refractivity (Wildman–Crippen MR) is 70.3 cm³/mol. The van der Waals surface area contributed by atoms with E-state index in [1.165, 1.54) is 51.4 Å². The molecule has 0 aromatic rings. The topological polar surface area (TPSA) is 21.3 Å². The summed E-state index contributed by atoms with van der Waals surface area (Å²) in [6, 6.07) is 1.69. The molecule has 5 fully saturated rings. The van der Waals surface area contributed by atoms with Crippen molar-refractivity contribution in [2.24, 2.45) is 23.2 Å². The summed E-state index contributed by atoms with van der Waals surface area (Å²) in [6.07, 6.45) is 12.3. The molecule has 2 heteroatoms. The zero-order valence-corrected chi connectivity index (χ0v) is 11.2. The summed E-state index contributed by atoms with van der Waals surface area (Å²) in [5.74, 6) is 2.96. The first-order valence-corrected chi connectivity index (χ1v) is 8.24. The van der Waals surface area contributed by atoms with E-state index in [4.69, 9.17) is 4.74 Å². The van der Waals surface area contributed by atoms with Crippen LogP contribution in [0.25, 0.3) is 0 Å². The van der Waals surface area contributed by atoms with Crippen LogP contribution in [0.15, 0.2) is 0 Å². The van der Waals surface area contributed by atoms with Gasteiger partial charge >= 0.3 is 0 Å². The molecule has 0 radical (unpaired) electrons. The van der Waals surface area contributed by atoms with Crippen molar-refractivity contribution in [3.63, 3.8) is 0 Å². The van der Waals surface area contributed by atoms with Crippen LogP contribution in [-0.2, 0) is 4.74 Å². The van der Waals surface area contributed by atoms with E-state index in [1.807, 2.05) is 0 Å². The quantitative estimate of drug-likeness (QED) is 0.810. The number of fused-ring (bicyclic) bond motifs is 4. The highest BCUT2D eigenvalue weighted by atomic mass is 16.5. The minimum absolute atomic E-state index is 0.586.